The second-order valence-corrected chi connectivity index (χ2v) is 9.44. The predicted molar refractivity (Wildman–Crippen MR) is 155 cm³/mol. The van der Waals surface area contributed by atoms with Crippen LogP contribution in [-0.2, 0) is 13.2 Å². The van der Waals surface area contributed by atoms with Gasteiger partial charge in [-0.25, -0.2) is 25.0 Å². The first-order valence-electron chi connectivity index (χ1n) is 13.0. The third-order valence-electron chi connectivity index (χ3n) is 5.74. The SMILES string of the molecule is CC.CCN(C)N(/C=C\N(C)c1ncc(C(F)(F)F)cn1)C(=O)c1ccc(Nc2nc(-c3cn(C)nc3C)ns2)nc1F. The molecule has 4 aromatic rings. The molecule has 0 aliphatic heterocycles. The Bertz CT molecular complexity index is 1550. The smallest absolute Gasteiger partial charge is 0.319 e. The largest absolute Gasteiger partial charge is 0.419 e. The quantitative estimate of drug-likeness (QED) is 0.150. The van der Waals surface area contributed by atoms with Gasteiger partial charge < -0.3 is 10.2 Å². The molecule has 0 bridgehead atoms. The number of amides is 1. The molecule has 0 saturated carbocycles. The van der Waals surface area contributed by atoms with E-state index in [9.17, 15) is 18.0 Å². The summed E-state index contributed by atoms with van der Waals surface area (Å²) in [7, 11) is 4.89. The highest BCUT2D eigenvalue weighted by Gasteiger charge is 2.31. The number of aromatic nitrogens is 7. The van der Waals surface area contributed by atoms with Gasteiger partial charge in [0.15, 0.2) is 5.82 Å². The van der Waals surface area contributed by atoms with Crippen molar-refractivity contribution in [1.29, 1.82) is 0 Å². The zero-order chi connectivity index (χ0) is 31.9. The van der Waals surface area contributed by atoms with Crippen LogP contribution in [0.4, 0.5) is 34.5 Å². The average Bonchev–Trinajstić information content (AvgIpc) is 3.58. The summed E-state index contributed by atoms with van der Waals surface area (Å²) >= 11 is 1.06. The molecule has 0 unspecified atom stereocenters. The minimum Gasteiger partial charge on any atom is -0.319 e. The Kier molecular flexibility index (Phi) is 10.8. The Morgan fingerprint density at radius 2 is 1.79 bits per heavy atom. The molecular formula is C26H31F4N11OS. The van der Waals surface area contributed by atoms with Crippen LogP contribution >= 0.6 is 11.5 Å². The Balaban J connectivity index is 0.00000248. The van der Waals surface area contributed by atoms with E-state index in [2.05, 4.69) is 34.7 Å². The summed E-state index contributed by atoms with van der Waals surface area (Å²) in [5.74, 6) is -1.20. The van der Waals surface area contributed by atoms with Gasteiger partial charge in [0.25, 0.3) is 5.91 Å². The summed E-state index contributed by atoms with van der Waals surface area (Å²) < 4.78 is 59.4. The standard InChI is InChI=1S/C24H25F4N11OS.C2H6/c1-6-38(5)39(10-9-36(3)22-29-11-15(12-30-22)24(26,27)28)21(40)16-7-8-18(31-19(16)25)32-23-33-20(35-41-23)17-13-37(4)34-14(17)2;1-2/h7-13H,6H2,1-5H3,(H,31,32,33,35);1-2H3/b10-9-;. The van der Waals surface area contributed by atoms with E-state index in [0.717, 1.165) is 27.8 Å². The van der Waals surface area contributed by atoms with Gasteiger partial charge in [-0.3, -0.25) is 9.48 Å². The van der Waals surface area contributed by atoms with Gasteiger partial charge in [0.2, 0.25) is 17.0 Å². The highest BCUT2D eigenvalue weighted by molar-refractivity contribution is 7.09. The van der Waals surface area contributed by atoms with Crippen molar-refractivity contribution in [1.82, 2.24) is 44.1 Å². The van der Waals surface area contributed by atoms with Crippen molar-refractivity contribution >= 4 is 34.3 Å². The number of rotatable bonds is 9. The van der Waals surface area contributed by atoms with Gasteiger partial charge in [0.05, 0.1) is 22.4 Å². The van der Waals surface area contributed by atoms with E-state index in [0.29, 0.717) is 29.9 Å². The van der Waals surface area contributed by atoms with Crippen LogP contribution in [0.3, 0.4) is 0 Å². The average molecular weight is 622 g/mol. The minimum absolute atomic E-state index is 0.0393. The van der Waals surface area contributed by atoms with Gasteiger partial charge in [-0.1, -0.05) is 20.8 Å². The van der Waals surface area contributed by atoms with Gasteiger partial charge in [0.1, 0.15) is 5.82 Å². The van der Waals surface area contributed by atoms with Crippen LogP contribution in [0.5, 0.6) is 0 Å². The van der Waals surface area contributed by atoms with E-state index in [-0.39, 0.29) is 17.3 Å². The number of anilines is 3. The number of alkyl halides is 3. The third kappa shape index (κ3) is 8.07. The molecule has 1 N–H and O–H groups in total. The van der Waals surface area contributed by atoms with Gasteiger partial charge in [-0.15, -0.1) is 0 Å². The van der Waals surface area contributed by atoms with E-state index < -0.39 is 23.6 Å². The van der Waals surface area contributed by atoms with Crippen molar-refractivity contribution in [3.05, 3.63) is 65.9 Å². The van der Waals surface area contributed by atoms with Crippen molar-refractivity contribution in [2.24, 2.45) is 7.05 Å². The molecule has 12 nitrogen and oxygen atoms in total. The van der Waals surface area contributed by atoms with E-state index >= 15 is 4.39 Å². The molecule has 0 radical (unpaired) electrons. The number of aryl methyl sites for hydroxylation is 2. The lowest BCUT2D eigenvalue weighted by molar-refractivity contribution is -0.138. The van der Waals surface area contributed by atoms with Crippen molar-refractivity contribution in [2.75, 3.05) is 30.9 Å². The molecule has 4 rings (SSSR count). The lowest BCUT2D eigenvalue weighted by atomic mass is 10.2. The number of carbonyl (C=O) groups excluding carboxylic acids is 1. The lowest BCUT2D eigenvalue weighted by Gasteiger charge is -2.28. The summed E-state index contributed by atoms with van der Waals surface area (Å²) in [5.41, 5.74) is 0.230. The van der Waals surface area contributed by atoms with Crippen LogP contribution < -0.4 is 10.2 Å². The molecule has 0 aliphatic rings. The van der Waals surface area contributed by atoms with E-state index in [1.807, 2.05) is 20.8 Å². The molecule has 0 fully saturated rings. The summed E-state index contributed by atoms with van der Waals surface area (Å²) in [6, 6.07) is 2.72. The number of carbonyl (C=O) groups is 1. The zero-order valence-corrected chi connectivity index (χ0v) is 25.4. The summed E-state index contributed by atoms with van der Waals surface area (Å²) in [6.07, 6.45) is 1.23. The summed E-state index contributed by atoms with van der Waals surface area (Å²) in [6.45, 7) is 7.99. The number of hydrogen-bond donors (Lipinski definition) is 1. The molecule has 0 atom stereocenters. The van der Waals surface area contributed by atoms with Gasteiger partial charge >= 0.3 is 6.18 Å². The first-order valence-corrected chi connectivity index (χ1v) is 13.8. The number of nitrogens with zero attached hydrogens (tertiary/aromatic N) is 10. The molecule has 4 aromatic heterocycles. The number of hydrazine groups is 1. The van der Waals surface area contributed by atoms with Crippen molar-refractivity contribution in [3.63, 3.8) is 0 Å². The zero-order valence-electron chi connectivity index (χ0n) is 24.5. The van der Waals surface area contributed by atoms with E-state index in [1.165, 1.54) is 41.5 Å². The number of hydrogen-bond acceptors (Lipinski definition) is 11. The molecule has 17 heteroatoms. The van der Waals surface area contributed by atoms with E-state index in [4.69, 9.17) is 0 Å². The Hall–Kier alpha value is -4.51. The van der Waals surface area contributed by atoms with Crippen LogP contribution in [-0.4, -0.2) is 70.7 Å². The van der Waals surface area contributed by atoms with Crippen LogP contribution in [0, 0.1) is 12.9 Å². The summed E-state index contributed by atoms with van der Waals surface area (Å²) in [4.78, 5) is 30.3. The Morgan fingerprint density at radius 1 is 1.12 bits per heavy atom. The first kappa shape index (κ1) is 33.0. The predicted octanol–water partition coefficient (Wildman–Crippen LogP) is 5.28. The Labute approximate surface area is 249 Å². The van der Waals surface area contributed by atoms with Gasteiger partial charge in [-0.05, 0) is 19.1 Å². The topological polar surface area (TPSA) is 121 Å². The van der Waals surface area contributed by atoms with Gasteiger partial charge in [0, 0.05) is 70.2 Å². The molecule has 0 aromatic carbocycles. The molecular weight excluding hydrogens is 590 g/mol. The molecule has 0 saturated heterocycles. The highest BCUT2D eigenvalue weighted by atomic mass is 32.1. The molecule has 230 valence electrons. The monoisotopic (exact) mass is 621 g/mol. The minimum atomic E-state index is -4.57. The van der Waals surface area contributed by atoms with E-state index in [1.54, 1.807) is 31.9 Å². The second-order valence-electron chi connectivity index (χ2n) is 8.69. The normalized spacial score (nSPS) is 11.4. The van der Waals surface area contributed by atoms with Crippen LogP contribution in [0.25, 0.3) is 11.4 Å². The van der Waals surface area contributed by atoms with Crippen molar-refractivity contribution < 1.29 is 22.4 Å². The molecule has 4 heterocycles. The van der Waals surface area contributed by atoms with Crippen molar-refractivity contribution in [2.45, 2.75) is 33.9 Å². The van der Waals surface area contributed by atoms with Crippen LogP contribution in [0.2, 0.25) is 0 Å². The van der Waals surface area contributed by atoms with Crippen molar-refractivity contribution in [3.8, 4) is 11.4 Å². The fourth-order valence-corrected chi connectivity index (χ4v) is 4.06. The molecule has 43 heavy (non-hydrogen) atoms. The molecule has 0 aliphatic carbocycles. The fourth-order valence-electron chi connectivity index (χ4n) is 3.47. The molecule has 1 amide bonds. The lowest BCUT2D eigenvalue weighted by Crippen LogP contribution is -2.41. The Morgan fingerprint density at radius 3 is 2.35 bits per heavy atom. The third-order valence-corrected chi connectivity index (χ3v) is 6.37. The van der Waals surface area contributed by atoms with Crippen LogP contribution in [0.15, 0.2) is 43.1 Å². The maximum absolute atomic E-state index is 15.0. The number of pyridine rings is 1. The fraction of sp³-hybridized carbons (Fsp3) is 0.346. The maximum Gasteiger partial charge on any atom is 0.419 e. The molecule has 0 spiro atoms. The highest BCUT2D eigenvalue weighted by Crippen LogP contribution is 2.28. The first-order chi connectivity index (χ1) is 20.4. The number of halogens is 4. The van der Waals surface area contributed by atoms with Crippen LogP contribution in [0.1, 0.15) is 42.4 Å². The number of nitrogens with one attached hydrogen (secondary N) is 1. The van der Waals surface area contributed by atoms with Gasteiger partial charge in [-0.2, -0.15) is 32.0 Å². The maximum atomic E-state index is 15.0. The summed E-state index contributed by atoms with van der Waals surface area (Å²) in [5, 5.41) is 10.2. The second kappa shape index (κ2) is 14.1.